The van der Waals surface area contributed by atoms with Gasteiger partial charge in [0.1, 0.15) is 0 Å². The minimum absolute atomic E-state index is 0.0726. The van der Waals surface area contributed by atoms with Crippen LogP contribution in [0.4, 0.5) is 0 Å². The van der Waals surface area contributed by atoms with Crippen LogP contribution in [-0.4, -0.2) is 5.75 Å². The van der Waals surface area contributed by atoms with Gasteiger partial charge >= 0.3 is 0 Å². The Morgan fingerprint density at radius 1 is 0.264 bits per heavy atom. The molecule has 0 fully saturated rings. The van der Waals surface area contributed by atoms with Crippen molar-refractivity contribution >= 4 is 125 Å². The van der Waals surface area contributed by atoms with Gasteiger partial charge in [0.25, 0.3) is 0 Å². The van der Waals surface area contributed by atoms with E-state index in [2.05, 4.69) is 435 Å². The van der Waals surface area contributed by atoms with Crippen LogP contribution in [0.5, 0.6) is 0 Å². The average molecular weight is 1800 g/mol. The zero-order valence-corrected chi connectivity index (χ0v) is 79.0. The van der Waals surface area contributed by atoms with E-state index in [0.717, 1.165) is 168 Å². The topological polar surface area (TPSA) is 0 Å². The second-order valence-electron chi connectivity index (χ2n) is 33.4. The number of thioether (sulfide) groups is 1. The summed E-state index contributed by atoms with van der Waals surface area (Å²) in [6, 6.07) is 141. The monoisotopic (exact) mass is 1800 g/mol. The lowest BCUT2D eigenvalue weighted by Crippen LogP contribution is -2.27. The van der Waals surface area contributed by atoms with Crippen LogP contribution in [0, 0.1) is 11.8 Å². The van der Waals surface area contributed by atoms with Crippen molar-refractivity contribution in [1.82, 2.24) is 0 Å². The first-order valence-corrected chi connectivity index (χ1v) is 47.8. The number of rotatable bonds is 26. The molecule has 17 aromatic rings. The fourth-order valence-electron chi connectivity index (χ4n) is 17.9. The molecule has 0 aliphatic heterocycles. The number of hydrogen-bond donors (Lipinski definition) is 8. The Morgan fingerprint density at radius 3 is 1.11 bits per heavy atom. The Morgan fingerprint density at radius 2 is 0.624 bits per heavy atom. The summed E-state index contributed by atoms with van der Waals surface area (Å²) in [6.45, 7) is 12.0. The van der Waals surface area contributed by atoms with Gasteiger partial charge in [0.2, 0.25) is 0 Å². The van der Waals surface area contributed by atoms with Crippen molar-refractivity contribution in [3.8, 4) is 111 Å². The third kappa shape index (κ3) is 18.9. The third-order valence-corrected chi connectivity index (χ3v) is 30.4. The quantitative estimate of drug-likeness (QED) is 0.0155. The van der Waals surface area contributed by atoms with Gasteiger partial charge in [-0.15, -0.1) is 113 Å². The molecule has 4 unspecified atom stereocenters. The van der Waals surface area contributed by atoms with Gasteiger partial charge in [-0.3, -0.25) is 0 Å². The van der Waals surface area contributed by atoms with E-state index in [-0.39, 0.29) is 11.8 Å². The fourth-order valence-corrected chi connectivity index (χ4v) is 22.4. The fraction of sp³-hybridized carbons (Fsp3) is 0.113. The van der Waals surface area contributed by atoms with Crippen molar-refractivity contribution in [3.05, 3.63) is 427 Å². The predicted octanol–water partition coefficient (Wildman–Crippen LogP) is 34.5. The minimum Gasteiger partial charge on any atom is -0.143 e. The number of thiol groups is 8. The maximum Gasteiger partial charge on any atom is 0.0424 e. The highest BCUT2D eigenvalue weighted by atomic mass is 32.2. The van der Waals surface area contributed by atoms with E-state index in [9.17, 15) is 0 Å². The Labute approximate surface area is 791 Å². The molecule has 616 valence electrons. The second-order valence-corrected chi connectivity index (χ2v) is 39.4. The maximum atomic E-state index is 5.61. The molecule has 10 heteroatoms. The number of benzene rings is 17. The summed E-state index contributed by atoms with van der Waals surface area (Å²) in [5.41, 5.74) is 28.8. The van der Waals surface area contributed by atoms with E-state index in [1.807, 2.05) is 11.8 Å². The van der Waals surface area contributed by atoms with E-state index in [4.69, 9.17) is 88.4 Å². The van der Waals surface area contributed by atoms with Crippen LogP contribution >= 0.6 is 125 Å². The lowest BCUT2D eigenvalue weighted by molar-refractivity contribution is 0.432. The van der Waals surface area contributed by atoms with Crippen molar-refractivity contribution < 1.29 is 0 Å². The SMILES string of the molecule is CC(C)CC(c1cc(-c2ccc(S)cc2)ccc1S)c1cc(-c2ccc(S)cc2)ccc1SCC(C)CC(C)(c1ccc(S)c(-c2ccccc2)c1)c1ccc(Sc2ccc(-c3cccc(-c4cc(C(C)(c5ccccc5)c5cc(-c6ccccc6)c(S)c(-c6cccc(-c7ccccc7)c6S)c5)cc(-c5ccccc5)c4S)c3S)cc2)c(-c2ccccc2)c1. The lowest BCUT2D eigenvalue weighted by Gasteiger charge is -2.35. The summed E-state index contributed by atoms with van der Waals surface area (Å²) in [4.78, 5) is 10.9. The predicted molar refractivity (Wildman–Crippen MR) is 559 cm³/mol. The summed E-state index contributed by atoms with van der Waals surface area (Å²) >= 11 is 45.6. The first kappa shape index (κ1) is 87.3. The highest BCUT2D eigenvalue weighted by Gasteiger charge is 2.37. The van der Waals surface area contributed by atoms with Crippen molar-refractivity contribution in [1.29, 1.82) is 0 Å². The summed E-state index contributed by atoms with van der Waals surface area (Å²) in [7, 11) is 0. The molecule has 0 heterocycles. The minimum atomic E-state index is -0.757. The highest BCUT2D eigenvalue weighted by Crippen LogP contribution is 2.53. The van der Waals surface area contributed by atoms with Gasteiger partial charge in [-0.05, 0) is 291 Å². The number of hydrogen-bond acceptors (Lipinski definition) is 10. The smallest absolute Gasteiger partial charge is 0.0424 e. The van der Waals surface area contributed by atoms with Crippen molar-refractivity contribution in [2.75, 3.05) is 5.75 Å². The zero-order chi connectivity index (χ0) is 86.5. The van der Waals surface area contributed by atoms with Crippen LogP contribution < -0.4 is 0 Å². The van der Waals surface area contributed by atoms with Gasteiger partial charge in [0.15, 0.2) is 0 Å². The van der Waals surface area contributed by atoms with Crippen LogP contribution in [0.15, 0.2) is 442 Å². The average Bonchev–Trinajstić information content (AvgIpc) is 0.730. The lowest BCUT2D eigenvalue weighted by atomic mass is 9.69. The molecule has 0 amide bonds. The molecule has 0 aliphatic carbocycles. The molecule has 0 saturated heterocycles. The van der Waals surface area contributed by atoms with Crippen molar-refractivity contribution in [2.24, 2.45) is 11.8 Å². The summed E-state index contributed by atoms with van der Waals surface area (Å²) in [5.74, 6) is 1.62. The van der Waals surface area contributed by atoms with Crippen LogP contribution in [0.25, 0.3) is 111 Å². The van der Waals surface area contributed by atoms with Gasteiger partial charge in [-0.2, -0.15) is 0 Å². The Hall–Kier alpha value is -9.76. The molecule has 17 aromatic carbocycles. The molecule has 125 heavy (non-hydrogen) atoms. The standard InChI is InChI=1S/C115H96S10/c1-73(2)62-101(102-63-83(48-58-107(102)119)75-42-52-90(116)53-43-75)103-64-84(76-44-54-91(117)55-45-76)49-60-108(103)124-72-74(3)71-114(4,86-50-59-106(118)97(65-86)78-28-14-7-15-29-78)87-51-61-109(98(66-87)79-30-16-8-17-31-79)125-92-56-46-82(47-57-92)94-39-25-41-96(111(94)121)105-70-89(68-100(113(105)123)81-34-20-10-21-35-81)115(5,85-36-22-11-23-37-85)88-67-99(80-32-18-9-19-33-80)112(122)104(69-88)95-40-24-38-93(110(95)120)77-26-12-6-13-27-77/h6-61,63-70,73-74,101,116-123H,62,71-72H2,1-5H3. The maximum absolute atomic E-state index is 5.61. The van der Waals surface area contributed by atoms with Crippen LogP contribution in [0.1, 0.15) is 92.3 Å². The normalized spacial score (nSPS) is 13.0. The molecule has 0 aliphatic rings. The zero-order valence-electron chi connectivity index (χ0n) is 70.2. The Bertz CT molecular complexity index is 6700. The molecule has 0 saturated carbocycles. The first-order chi connectivity index (χ1) is 60.7. The van der Waals surface area contributed by atoms with Crippen LogP contribution in [0.3, 0.4) is 0 Å². The van der Waals surface area contributed by atoms with Crippen molar-refractivity contribution in [3.63, 3.8) is 0 Å². The molecule has 0 bridgehead atoms. The summed E-state index contributed by atoms with van der Waals surface area (Å²) in [5, 5.41) is 0. The highest BCUT2D eigenvalue weighted by molar-refractivity contribution is 7.99. The van der Waals surface area contributed by atoms with Gasteiger partial charge in [0, 0.05) is 76.4 Å². The Kier molecular flexibility index (Phi) is 27.1. The molecule has 0 aromatic heterocycles. The van der Waals surface area contributed by atoms with E-state index < -0.39 is 10.8 Å². The molecule has 0 spiro atoms. The molecule has 4 atom stereocenters. The van der Waals surface area contributed by atoms with Gasteiger partial charge in [-0.1, -0.05) is 319 Å². The van der Waals surface area contributed by atoms with Gasteiger partial charge in [0.05, 0.1) is 0 Å². The van der Waals surface area contributed by atoms with E-state index in [0.29, 0.717) is 5.92 Å². The third-order valence-electron chi connectivity index (χ3n) is 24.6. The molecular weight excluding hydrogens is 1700 g/mol. The van der Waals surface area contributed by atoms with Crippen LogP contribution in [-0.2, 0) is 10.8 Å². The van der Waals surface area contributed by atoms with Crippen LogP contribution in [0.2, 0.25) is 0 Å². The molecule has 0 radical (unpaired) electrons. The molecule has 0 nitrogen and oxygen atoms in total. The van der Waals surface area contributed by atoms with E-state index >= 15 is 0 Å². The van der Waals surface area contributed by atoms with Gasteiger partial charge in [-0.25, -0.2) is 0 Å². The summed E-state index contributed by atoms with van der Waals surface area (Å²) < 4.78 is 0. The molecular formula is C115H96S10. The first-order valence-electron chi connectivity index (χ1n) is 42.4. The Balaban J connectivity index is 0.723. The molecule has 0 N–H and O–H groups in total. The van der Waals surface area contributed by atoms with Gasteiger partial charge < -0.3 is 0 Å². The van der Waals surface area contributed by atoms with E-state index in [1.54, 1.807) is 11.8 Å². The second kappa shape index (κ2) is 38.8. The van der Waals surface area contributed by atoms with Crippen molar-refractivity contribution in [2.45, 2.75) is 118 Å². The molecule has 17 rings (SSSR count). The largest absolute Gasteiger partial charge is 0.143 e. The summed E-state index contributed by atoms with van der Waals surface area (Å²) in [6.07, 6.45) is 1.82. The van der Waals surface area contributed by atoms with E-state index in [1.165, 1.54) is 54.3 Å².